The van der Waals surface area contributed by atoms with E-state index in [1.165, 1.54) is 12.8 Å². The molecule has 0 aromatic carbocycles. The molecule has 1 N–H and O–H groups in total. The first-order valence-corrected chi connectivity index (χ1v) is 5.81. The SMILES string of the molecule is CC(NCC1CCCOC1)C(C)(C)C. The maximum absolute atomic E-state index is 5.46. The van der Waals surface area contributed by atoms with Gasteiger partial charge >= 0.3 is 0 Å². The van der Waals surface area contributed by atoms with E-state index < -0.39 is 0 Å². The molecule has 0 radical (unpaired) electrons. The van der Waals surface area contributed by atoms with Gasteiger partial charge in [-0.25, -0.2) is 0 Å². The molecular formula is C12H25NO. The van der Waals surface area contributed by atoms with Crippen molar-refractivity contribution >= 4 is 0 Å². The summed E-state index contributed by atoms with van der Waals surface area (Å²) in [7, 11) is 0. The van der Waals surface area contributed by atoms with Crippen molar-refractivity contribution in [2.75, 3.05) is 19.8 Å². The van der Waals surface area contributed by atoms with Crippen LogP contribution in [-0.2, 0) is 4.74 Å². The van der Waals surface area contributed by atoms with Crippen LogP contribution in [0.25, 0.3) is 0 Å². The molecule has 0 bridgehead atoms. The van der Waals surface area contributed by atoms with Crippen molar-refractivity contribution in [3.8, 4) is 0 Å². The van der Waals surface area contributed by atoms with Crippen molar-refractivity contribution < 1.29 is 4.74 Å². The van der Waals surface area contributed by atoms with Crippen molar-refractivity contribution in [3.05, 3.63) is 0 Å². The highest BCUT2D eigenvalue weighted by molar-refractivity contribution is 4.77. The van der Waals surface area contributed by atoms with E-state index in [1.807, 2.05) is 0 Å². The average Bonchev–Trinajstić information content (AvgIpc) is 2.14. The molecule has 0 saturated carbocycles. The van der Waals surface area contributed by atoms with Gasteiger partial charge < -0.3 is 10.1 Å². The lowest BCUT2D eigenvalue weighted by molar-refractivity contribution is 0.0523. The molecule has 0 aliphatic carbocycles. The minimum absolute atomic E-state index is 0.357. The average molecular weight is 199 g/mol. The van der Waals surface area contributed by atoms with Crippen molar-refractivity contribution in [1.29, 1.82) is 0 Å². The number of ether oxygens (including phenoxy) is 1. The third kappa shape index (κ3) is 3.97. The molecule has 1 rings (SSSR count). The maximum Gasteiger partial charge on any atom is 0.0506 e. The molecule has 1 saturated heterocycles. The largest absolute Gasteiger partial charge is 0.381 e. The maximum atomic E-state index is 5.46. The molecule has 1 fully saturated rings. The summed E-state index contributed by atoms with van der Waals surface area (Å²) >= 11 is 0. The molecule has 1 aliphatic rings. The fraction of sp³-hybridized carbons (Fsp3) is 1.00. The summed E-state index contributed by atoms with van der Waals surface area (Å²) < 4.78 is 5.46. The highest BCUT2D eigenvalue weighted by Gasteiger charge is 2.21. The van der Waals surface area contributed by atoms with E-state index in [0.717, 1.165) is 25.7 Å². The standard InChI is InChI=1S/C12H25NO/c1-10(12(2,3)4)13-8-11-6-5-7-14-9-11/h10-11,13H,5-9H2,1-4H3. The van der Waals surface area contributed by atoms with Crippen LogP contribution in [0.5, 0.6) is 0 Å². The lowest BCUT2D eigenvalue weighted by atomic mass is 9.87. The molecule has 2 nitrogen and oxygen atoms in total. The van der Waals surface area contributed by atoms with Gasteiger partial charge in [-0.3, -0.25) is 0 Å². The van der Waals surface area contributed by atoms with Crippen LogP contribution in [0.4, 0.5) is 0 Å². The molecule has 1 heterocycles. The van der Waals surface area contributed by atoms with Crippen LogP contribution in [0.15, 0.2) is 0 Å². The molecule has 0 aromatic heterocycles. The Morgan fingerprint density at radius 2 is 2.14 bits per heavy atom. The first-order valence-electron chi connectivity index (χ1n) is 5.81. The molecule has 2 heteroatoms. The van der Waals surface area contributed by atoms with Gasteiger partial charge in [0, 0.05) is 19.2 Å². The van der Waals surface area contributed by atoms with Gasteiger partial charge in [0.15, 0.2) is 0 Å². The van der Waals surface area contributed by atoms with E-state index in [1.54, 1.807) is 0 Å². The van der Waals surface area contributed by atoms with Crippen molar-refractivity contribution in [1.82, 2.24) is 5.32 Å². The Balaban J connectivity index is 2.19. The summed E-state index contributed by atoms with van der Waals surface area (Å²) in [4.78, 5) is 0. The Bertz CT molecular complexity index is 156. The topological polar surface area (TPSA) is 21.3 Å². The van der Waals surface area contributed by atoms with E-state index in [2.05, 4.69) is 33.0 Å². The Labute approximate surface area is 88.4 Å². The second kappa shape index (κ2) is 5.13. The lowest BCUT2D eigenvalue weighted by Crippen LogP contribution is -2.41. The molecule has 2 atom stereocenters. The lowest BCUT2D eigenvalue weighted by Gasteiger charge is -2.31. The third-order valence-corrected chi connectivity index (χ3v) is 3.27. The first-order chi connectivity index (χ1) is 6.50. The Morgan fingerprint density at radius 3 is 2.64 bits per heavy atom. The number of nitrogens with one attached hydrogen (secondary N) is 1. The molecular weight excluding hydrogens is 174 g/mol. The second-order valence-electron chi connectivity index (χ2n) is 5.58. The number of hydrogen-bond acceptors (Lipinski definition) is 2. The van der Waals surface area contributed by atoms with E-state index in [4.69, 9.17) is 4.74 Å². The Kier molecular flexibility index (Phi) is 4.39. The van der Waals surface area contributed by atoms with Gasteiger partial charge in [-0.05, 0) is 31.1 Å². The second-order valence-corrected chi connectivity index (χ2v) is 5.58. The van der Waals surface area contributed by atoms with Crippen LogP contribution in [0, 0.1) is 11.3 Å². The molecule has 0 aromatic rings. The summed E-state index contributed by atoms with van der Waals surface area (Å²) in [5.41, 5.74) is 0.357. The molecule has 1 aliphatic heterocycles. The molecule has 14 heavy (non-hydrogen) atoms. The minimum atomic E-state index is 0.357. The summed E-state index contributed by atoms with van der Waals surface area (Å²) in [6.07, 6.45) is 2.56. The summed E-state index contributed by atoms with van der Waals surface area (Å²) in [5, 5.41) is 3.61. The molecule has 0 amide bonds. The van der Waals surface area contributed by atoms with Crippen molar-refractivity contribution in [2.45, 2.75) is 46.6 Å². The van der Waals surface area contributed by atoms with Crippen LogP contribution in [-0.4, -0.2) is 25.8 Å². The fourth-order valence-corrected chi connectivity index (χ4v) is 1.62. The van der Waals surface area contributed by atoms with Crippen LogP contribution < -0.4 is 5.32 Å². The zero-order valence-electron chi connectivity index (χ0n) is 10.1. The summed E-state index contributed by atoms with van der Waals surface area (Å²) in [5.74, 6) is 0.730. The molecule has 2 unspecified atom stereocenters. The predicted molar refractivity (Wildman–Crippen MR) is 60.5 cm³/mol. The van der Waals surface area contributed by atoms with Crippen molar-refractivity contribution in [3.63, 3.8) is 0 Å². The van der Waals surface area contributed by atoms with E-state index in [-0.39, 0.29) is 0 Å². The van der Waals surface area contributed by atoms with E-state index in [0.29, 0.717) is 11.5 Å². The van der Waals surface area contributed by atoms with Crippen molar-refractivity contribution in [2.24, 2.45) is 11.3 Å². The van der Waals surface area contributed by atoms with Crippen LogP contribution in [0.3, 0.4) is 0 Å². The van der Waals surface area contributed by atoms with Gasteiger partial charge in [-0.2, -0.15) is 0 Å². The Morgan fingerprint density at radius 1 is 1.43 bits per heavy atom. The Hall–Kier alpha value is -0.0800. The van der Waals surface area contributed by atoms with Gasteiger partial charge in [0.2, 0.25) is 0 Å². The van der Waals surface area contributed by atoms with E-state index in [9.17, 15) is 0 Å². The zero-order chi connectivity index (χ0) is 10.6. The first kappa shape index (κ1) is 12.0. The quantitative estimate of drug-likeness (QED) is 0.754. The number of hydrogen-bond donors (Lipinski definition) is 1. The van der Waals surface area contributed by atoms with Gasteiger partial charge in [-0.15, -0.1) is 0 Å². The normalized spacial score (nSPS) is 26.1. The van der Waals surface area contributed by atoms with Gasteiger partial charge in [0.1, 0.15) is 0 Å². The fourth-order valence-electron chi connectivity index (χ4n) is 1.62. The van der Waals surface area contributed by atoms with Gasteiger partial charge in [0.25, 0.3) is 0 Å². The van der Waals surface area contributed by atoms with Gasteiger partial charge in [0.05, 0.1) is 6.61 Å². The number of rotatable bonds is 3. The zero-order valence-corrected chi connectivity index (χ0v) is 10.1. The third-order valence-electron chi connectivity index (χ3n) is 3.27. The van der Waals surface area contributed by atoms with E-state index >= 15 is 0 Å². The molecule has 0 spiro atoms. The van der Waals surface area contributed by atoms with Crippen LogP contribution >= 0.6 is 0 Å². The monoisotopic (exact) mass is 199 g/mol. The van der Waals surface area contributed by atoms with Crippen LogP contribution in [0.2, 0.25) is 0 Å². The minimum Gasteiger partial charge on any atom is -0.381 e. The molecule has 84 valence electrons. The van der Waals surface area contributed by atoms with Crippen LogP contribution in [0.1, 0.15) is 40.5 Å². The van der Waals surface area contributed by atoms with Gasteiger partial charge in [-0.1, -0.05) is 20.8 Å². The summed E-state index contributed by atoms with van der Waals surface area (Å²) in [6, 6.07) is 0.574. The predicted octanol–water partition coefficient (Wildman–Crippen LogP) is 2.44. The summed E-state index contributed by atoms with van der Waals surface area (Å²) in [6.45, 7) is 12.1. The highest BCUT2D eigenvalue weighted by atomic mass is 16.5. The highest BCUT2D eigenvalue weighted by Crippen LogP contribution is 2.19. The smallest absolute Gasteiger partial charge is 0.0506 e.